The van der Waals surface area contributed by atoms with Crippen molar-refractivity contribution in [1.29, 1.82) is 0 Å². The van der Waals surface area contributed by atoms with Crippen LogP contribution < -0.4 is 5.73 Å². The zero-order valence-electron chi connectivity index (χ0n) is 10.9. The van der Waals surface area contributed by atoms with Crippen LogP contribution in [0.25, 0.3) is 11.2 Å². The summed E-state index contributed by atoms with van der Waals surface area (Å²) in [4.78, 5) is 22.8. The number of furan rings is 1. The molecule has 108 valence electrons. The van der Waals surface area contributed by atoms with Crippen LogP contribution >= 0.6 is 0 Å². The third kappa shape index (κ3) is 2.14. The first-order valence-corrected chi connectivity index (χ1v) is 5.97. The molecule has 3 rings (SSSR count). The number of hydrogen-bond acceptors (Lipinski definition) is 7. The summed E-state index contributed by atoms with van der Waals surface area (Å²) >= 11 is 0. The van der Waals surface area contributed by atoms with Crippen molar-refractivity contribution in [2.75, 3.05) is 5.73 Å². The normalized spacial score (nSPS) is 11.1. The third-order valence-corrected chi connectivity index (χ3v) is 2.90. The van der Waals surface area contributed by atoms with Crippen molar-refractivity contribution in [3.05, 3.63) is 29.5 Å². The van der Waals surface area contributed by atoms with Crippen molar-refractivity contribution in [2.45, 2.75) is 13.5 Å². The molecule has 3 heterocycles. The molecule has 0 saturated heterocycles. The lowest BCUT2D eigenvalue weighted by molar-refractivity contribution is 0.0660. The van der Waals surface area contributed by atoms with Gasteiger partial charge in [-0.25, -0.2) is 14.8 Å². The second-order valence-corrected chi connectivity index (χ2v) is 4.40. The number of anilines is 1. The van der Waals surface area contributed by atoms with E-state index in [2.05, 4.69) is 15.0 Å². The summed E-state index contributed by atoms with van der Waals surface area (Å²) in [5, 5.41) is 18.7. The summed E-state index contributed by atoms with van der Waals surface area (Å²) in [6.07, 6.45) is 0. The Kier molecular flexibility index (Phi) is 2.75. The molecule has 21 heavy (non-hydrogen) atoms. The minimum absolute atomic E-state index is 0.0749. The van der Waals surface area contributed by atoms with Crippen LogP contribution in [0.1, 0.15) is 22.1 Å². The molecule has 9 heteroatoms. The first-order chi connectivity index (χ1) is 9.95. The van der Waals surface area contributed by atoms with Crippen LogP contribution in [0, 0.1) is 6.92 Å². The maximum atomic E-state index is 10.8. The highest BCUT2D eigenvalue weighted by Crippen LogP contribution is 2.24. The topological polar surface area (TPSA) is 140 Å². The fourth-order valence-corrected chi connectivity index (χ4v) is 2.00. The van der Waals surface area contributed by atoms with Gasteiger partial charge < -0.3 is 20.4 Å². The molecule has 0 saturated carbocycles. The number of carboxylic acid groups (broad SMARTS) is 1. The number of carboxylic acids is 1. The number of imidazole rings is 1. The minimum atomic E-state index is -1.16. The first-order valence-electron chi connectivity index (χ1n) is 5.97. The van der Waals surface area contributed by atoms with Crippen molar-refractivity contribution in [1.82, 2.24) is 19.5 Å². The molecule has 0 spiro atoms. The van der Waals surface area contributed by atoms with Crippen LogP contribution in [0.3, 0.4) is 0 Å². The number of nitrogens with two attached hydrogens (primary N) is 1. The van der Waals surface area contributed by atoms with Crippen molar-refractivity contribution in [3.8, 4) is 6.01 Å². The molecular formula is C12H11N5O4. The Morgan fingerprint density at radius 1 is 1.38 bits per heavy atom. The average molecular weight is 289 g/mol. The molecule has 3 aromatic heterocycles. The van der Waals surface area contributed by atoms with E-state index in [4.69, 9.17) is 15.3 Å². The van der Waals surface area contributed by atoms with E-state index in [1.807, 2.05) is 0 Å². The van der Waals surface area contributed by atoms with Gasteiger partial charge in [-0.1, -0.05) is 0 Å². The number of hydrogen-bond donors (Lipinski definition) is 3. The van der Waals surface area contributed by atoms with Gasteiger partial charge in [-0.05, 0) is 19.1 Å². The van der Waals surface area contributed by atoms with Gasteiger partial charge in [0, 0.05) is 0 Å². The van der Waals surface area contributed by atoms with Gasteiger partial charge in [-0.2, -0.15) is 4.98 Å². The summed E-state index contributed by atoms with van der Waals surface area (Å²) < 4.78 is 6.51. The van der Waals surface area contributed by atoms with E-state index >= 15 is 0 Å². The van der Waals surface area contributed by atoms with Gasteiger partial charge >= 0.3 is 5.97 Å². The molecule has 0 fully saturated rings. The first kappa shape index (κ1) is 12.9. The van der Waals surface area contributed by atoms with Crippen molar-refractivity contribution < 1.29 is 19.4 Å². The molecule has 0 atom stereocenters. The molecular weight excluding hydrogens is 278 g/mol. The smallest absolute Gasteiger partial charge is 0.371 e. The van der Waals surface area contributed by atoms with Crippen LogP contribution in [0.4, 0.5) is 5.82 Å². The van der Waals surface area contributed by atoms with E-state index in [1.54, 1.807) is 6.92 Å². The number of nitrogen functional groups attached to an aromatic ring is 1. The molecule has 0 aliphatic carbocycles. The molecule has 4 N–H and O–H groups in total. The predicted molar refractivity (Wildman–Crippen MR) is 70.9 cm³/mol. The summed E-state index contributed by atoms with van der Waals surface area (Å²) in [6.45, 7) is 1.74. The largest absolute Gasteiger partial charge is 0.480 e. The van der Waals surface area contributed by atoms with Crippen LogP contribution in [0.15, 0.2) is 16.5 Å². The molecule has 0 amide bonds. The van der Waals surface area contributed by atoms with E-state index in [0.29, 0.717) is 17.2 Å². The number of aromatic hydroxyl groups is 1. The SMILES string of the molecule is Cc1nc(N)c2nc(O)n(Cc3ccc(C(=O)O)o3)c2n1. The standard InChI is InChI=1S/C12H11N5O4/c1-5-14-9(13)8-10(15-5)17(12(20)16-8)4-6-2-3-7(21-6)11(18)19/h2-3H,4H2,1H3,(H,16,20)(H,18,19)(H2,13,14,15). The van der Waals surface area contributed by atoms with Crippen molar-refractivity contribution in [3.63, 3.8) is 0 Å². The van der Waals surface area contributed by atoms with E-state index in [1.165, 1.54) is 16.7 Å². The van der Waals surface area contributed by atoms with Crippen LogP contribution in [-0.2, 0) is 6.54 Å². The highest BCUT2D eigenvalue weighted by atomic mass is 16.4. The van der Waals surface area contributed by atoms with Gasteiger partial charge in [-0.3, -0.25) is 4.57 Å². The summed E-state index contributed by atoms with van der Waals surface area (Å²) in [7, 11) is 0. The highest BCUT2D eigenvalue weighted by Gasteiger charge is 2.17. The van der Waals surface area contributed by atoms with Crippen LogP contribution in [-0.4, -0.2) is 35.7 Å². The Morgan fingerprint density at radius 3 is 2.81 bits per heavy atom. The lowest BCUT2D eigenvalue weighted by Crippen LogP contribution is -2.02. The molecule has 0 aliphatic rings. The van der Waals surface area contributed by atoms with E-state index < -0.39 is 5.97 Å². The van der Waals surface area contributed by atoms with Gasteiger partial charge in [0.25, 0.3) is 6.01 Å². The van der Waals surface area contributed by atoms with Gasteiger partial charge in [0.15, 0.2) is 17.0 Å². The number of aromatic nitrogens is 4. The average Bonchev–Trinajstić information content (AvgIpc) is 2.98. The highest BCUT2D eigenvalue weighted by molar-refractivity contribution is 5.84. The number of aryl methyl sites for hydroxylation is 1. The fourth-order valence-electron chi connectivity index (χ4n) is 2.00. The summed E-state index contributed by atoms with van der Waals surface area (Å²) in [6, 6.07) is 2.54. The lowest BCUT2D eigenvalue weighted by Gasteiger charge is -2.03. The Balaban J connectivity index is 2.07. The van der Waals surface area contributed by atoms with Gasteiger partial charge in [-0.15, -0.1) is 0 Å². The maximum absolute atomic E-state index is 10.8. The quantitative estimate of drug-likeness (QED) is 0.641. The maximum Gasteiger partial charge on any atom is 0.371 e. The molecule has 0 bridgehead atoms. The Bertz CT molecular complexity index is 851. The van der Waals surface area contributed by atoms with Gasteiger partial charge in [0.1, 0.15) is 11.6 Å². The van der Waals surface area contributed by atoms with E-state index in [0.717, 1.165) is 0 Å². The molecule has 9 nitrogen and oxygen atoms in total. The Hall–Kier alpha value is -3.10. The lowest BCUT2D eigenvalue weighted by atomic mass is 10.4. The van der Waals surface area contributed by atoms with Gasteiger partial charge in [0.05, 0.1) is 6.54 Å². The van der Waals surface area contributed by atoms with E-state index in [-0.39, 0.29) is 29.7 Å². The monoisotopic (exact) mass is 289 g/mol. The third-order valence-electron chi connectivity index (χ3n) is 2.90. The summed E-state index contributed by atoms with van der Waals surface area (Å²) in [5.74, 6) is -0.400. The molecule has 0 radical (unpaired) electrons. The van der Waals surface area contributed by atoms with Crippen LogP contribution in [0.5, 0.6) is 6.01 Å². The molecule has 0 unspecified atom stereocenters. The number of aromatic carboxylic acids is 1. The number of rotatable bonds is 3. The minimum Gasteiger partial charge on any atom is -0.480 e. The van der Waals surface area contributed by atoms with Crippen molar-refractivity contribution >= 4 is 23.0 Å². The predicted octanol–water partition coefficient (Wildman–Crippen LogP) is 0.762. The Labute approximate surface area is 117 Å². The van der Waals surface area contributed by atoms with Crippen molar-refractivity contribution in [2.24, 2.45) is 0 Å². The zero-order chi connectivity index (χ0) is 15.1. The Morgan fingerprint density at radius 2 is 2.14 bits per heavy atom. The fraction of sp³-hybridized carbons (Fsp3) is 0.167. The molecule has 3 aromatic rings. The second-order valence-electron chi connectivity index (χ2n) is 4.40. The number of nitrogens with zero attached hydrogens (tertiary/aromatic N) is 4. The van der Waals surface area contributed by atoms with Gasteiger partial charge in [0.2, 0.25) is 5.76 Å². The number of carbonyl (C=O) groups is 1. The zero-order valence-corrected chi connectivity index (χ0v) is 10.9. The second kappa shape index (κ2) is 4.47. The summed E-state index contributed by atoms with van der Waals surface area (Å²) in [5.41, 5.74) is 6.37. The van der Waals surface area contributed by atoms with E-state index in [9.17, 15) is 9.90 Å². The molecule has 0 aromatic carbocycles. The number of fused-ring (bicyclic) bond motifs is 1. The van der Waals surface area contributed by atoms with Crippen LogP contribution in [0.2, 0.25) is 0 Å². The molecule has 0 aliphatic heterocycles.